The Hall–Kier alpha value is -2.04. The molecule has 1 aliphatic rings. The zero-order chi connectivity index (χ0) is 16.2. The molecule has 10 heteroatoms. The van der Waals surface area contributed by atoms with E-state index >= 15 is 0 Å². The maximum Gasteiger partial charge on any atom is 0.289 e. The molecule has 0 unspecified atom stereocenters. The Morgan fingerprint density at radius 3 is 2.59 bits per heavy atom. The number of hydrogen-bond donors (Lipinski definition) is 3. The fourth-order valence-corrected chi connectivity index (χ4v) is 3.10. The van der Waals surface area contributed by atoms with Gasteiger partial charge in [-0.05, 0) is 6.07 Å². The van der Waals surface area contributed by atoms with Crippen molar-refractivity contribution in [3.63, 3.8) is 0 Å². The number of nitrogens with one attached hydrogen (secondary N) is 3. The fraction of sp³-hybridized carbons (Fsp3) is 0.417. The van der Waals surface area contributed by atoms with Crippen molar-refractivity contribution in [1.29, 1.82) is 0 Å². The molecule has 120 valence electrons. The van der Waals surface area contributed by atoms with E-state index in [2.05, 4.69) is 15.4 Å². The molecule has 0 aliphatic carbocycles. The first-order valence-corrected chi connectivity index (χ1v) is 8.11. The second kappa shape index (κ2) is 6.81. The molecule has 0 spiro atoms. The molecule has 1 fully saturated rings. The van der Waals surface area contributed by atoms with E-state index in [4.69, 9.17) is 0 Å². The first-order valence-electron chi connectivity index (χ1n) is 6.63. The van der Waals surface area contributed by atoms with Crippen molar-refractivity contribution < 1.29 is 18.1 Å². The van der Waals surface area contributed by atoms with E-state index < -0.39 is 25.5 Å². The molecule has 0 aromatic heterocycles. The standard InChI is InChI=1S/C12H16N4O5S/c17-12(9-7-13-8-9)14-5-6-15-22(20,21)11-4-2-1-3-10(11)16(18)19/h1-4,9,13,15H,5-8H2,(H,14,17). The zero-order valence-electron chi connectivity index (χ0n) is 11.6. The van der Waals surface area contributed by atoms with Gasteiger partial charge in [0.1, 0.15) is 0 Å². The number of sulfonamides is 1. The molecule has 1 amide bonds. The lowest BCUT2D eigenvalue weighted by Gasteiger charge is -2.25. The second-order valence-corrected chi connectivity index (χ2v) is 6.50. The van der Waals surface area contributed by atoms with Gasteiger partial charge < -0.3 is 10.6 Å². The van der Waals surface area contributed by atoms with Crippen molar-refractivity contribution in [3.05, 3.63) is 34.4 Å². The Bertz CT molecular complexity index is 672. The quantitative estimate of drug-likeness (QED) is 0.341. The van der Waals surface area contributed by atoms with E-state index in [0.29, 0.717) is 13.1 Å². The van der Waals surface area contributed by atoms with E-state index in [9.17, 15) is 23.3 Å². The molecular weight excluding hydrogens is 312 g/mol. The van der Waals surface area contributed by atoms with Gasteiger partial charge in [0.05, 0.1) is 10.8 Å². The van der Waals surface area contributed by atoms with Gasteiger partial charge in [-0.1, -0.05) is 12.1 Å². The smallest absolute Gasteiger partial charge is 0.289 e. The lowest BCUT2D eigenvalue weighted by Crippen LogP contribution is -2.51. The summed E-state index contributed by atoms with van der Waals surface area (Å²) in [6.45, 7) is 1.32. The van der Waals surface area contributed by atoms with Gasteiger partial charge in [0.15, 0.2) is 4.90 Å². The van der Waals surface area contributed by atoms with Crippen LogP contribution in [0.2, 0.25) is 0 Å². The average molecular weight is 328 g/mol. The largest absolute Gasteiger partial charge is 0.354 e. The molecule has 1 aliphatic heterocycles. The van der Waals surface area contributed by atoms with E-state index in [-0.39, 0.29) is 24.9 Å². The lowest BCUT2D eigenvalue weighted by molar-refractivity contribution is -0.387. The number of carbonyl (C=O) groups is 1. The van der Waals surface area contributed by atoms with Crippen LogP contribution in [0.5, 0.6) is 0 Å². The average Bonchev–Trinajstić information content (AvgIpc) is 2.42. The van der Waals surface area contributed by atoms with Crippen LogP contribution in [0, 0.1) is 16.0 Å². The second-order valence-electron chi connectivity index (χ2n) is 4.77. The summed E-state index contributed by atoms with van der Waals surface area (Å²) in [4.78, 5) is 21.3. The topological polar surface area (TPSA) is 130 Å². The normalized spacial score (nSPS) is 15.1. The van der Waals surface area contributed by atoms with Crippen LogP contribution in [-0.4, -0.2) is 45.4 Å². The van der Waals surface area contributed by atoms with Crippen molar-refractivity contribution in [1.82, 2.24) is 15.4 Å². The molecule has 22 heavy (non-hydrogen) atoms. The van der Waals surface area contributed by atoms with Crippen LogP contribution in [0.25, 0.3) is 0 Å². The minimum absolute atomic E-state index is 0.0414. The predicted octanol–water partition coefficient (Wildman–Crippen LogP) is -0.791. The number of nitro benzene ring substituents is 1. The van der Waals surface area contributed by atoms with Crippen LogP contribution in [-0.2, 0) is 14.8 Å². The summed E-state index contributed by atoms with van der Waals surface area (Å²) >= 11 is 0. The molecule has 0 bridgehead atoms. The van der Waals surface area contributed by atoms with E-state index in [1.165, 1.54) is 18.2 Å². The summed E-state index contributed by atoms with van der Waals surface area (Å²) in [5.74, 6) is -0.213. The molecule has 9 nitrogen and oxygen atoms in total. The zero-order valence-corrected chi connectivity index (χ0v) is 12.4. The molecule has 0 saturated carbocycles. The Morgan fingerprint density at radius 1 is 1.32 bits per heavy atom. The van der Waals surface area contributed by atoms with Crippen LogP contribution in [0.4, 0.5) is 5.69 Å². The maximum absolute atomic E-state index is 12.1. The van der Waals surface area contributed by atoms with Crippen molar-refractivity contribution in [2.24, 2.45) is 5.92 Å². The van der Waals surface area contributed by atoms with Crippen molar-refractivity contribution in [3.8, 4) is 0 Å². The third-order valence-corrected chi connectivity index (χ3v) is 4.73. The highest BCUT2D eigenvalue weighted by molar-refractivity contribution is 7.89. The monoisotopic (exact) mass is 328 g/mol. The summed E-state index contributed by atoms with van der Waals surface area (Å²) in [7, 11) is -4.00. The van der Waals surface area contributed by atoms with Crippen molar-refractivity contribution >= 4 is 21.6 Å². The summed E-state index contributed by atoms with van der Waals surface area (Å²) < 4.78 is 26.4. The first kappa shape index (κ1) is 16.3. The Labute approximate surface area is 127 Å². The predicted molar refractivity (Wildman–Crippen MR) is 77.7 cm³/mol. The third-order valence-electron chi connectivity index (χ3n) is 3.22. The molecule has 2 rings (SSSR count). The minimum atomic E-state index is -4.00. The van der Waals surface area contributed by atoms with Crippen molar-refractivity contribution in [2.45, 2.75) is 4.90 Å². The van der Waals surface area contributed by atoms with Gasteiger partial charge in [0.25, 0.3) is 5.69 Å². The highest BCUT2D eigenvalue weighted by Crippen LogP contribution is 2.22. The number of carbonyl (C=O) groups excluding carboxylic acids is 1. The van der Waals surface area contributed by atoms with Crippen LogP contribution < -0.4 is 15.4 Å². The molecule has 3 N–H and O–H groups in total. The molecule has 1 heterocycles. The maximum atomic E-state index is 12.1. The number of nitro groups is 1. The van der Waals surface area contributed by atoms with Crippen LogP contribution in [0.1, 0.15) is 0 Å². The number of benzene rings is 1. The highest BCUT2D eigenvalue weighted by atomic mass is 32.2. The van der Waals surface area contributed by atoms with Crippen LogP contribution in [0.3, 0.4) is 0 Å². The number of nitrogens with zero attached hydrogens (tertiary/aromatic N) is 1. The Balaban J connectivity index is 1.91. The van der Waals surface area contributed by atoms with E-state index in [1.54, 1.807) is 0 Å². The number of rotatable bonds is 7. The molecule has 1 saturated heterocycles. The van der Waals surface area contributed by atoms with Gasteiger partial charge >= 0.3 is 0 Å². The summed E-state index contributed by atoms with van der Waals surface area (Å²) in [5, 5.41) is 16.4. The number of hydrogen-bond acceptors (Lipinski definition) is 6. The van der Waals surface area contributed by atoms with Crippen molar-refractivity contribution in [2.75, 3.05) is 26.2 Å². The van der Waals surface area contributed by atoms with Gasteiger partial charge in [-0.15, -0.1) is 0 Å². The molecule has 0 radical (unpaired) electrons. The van der Waals surface area contributed by atoms with Crippen LogP contribution >= 0.6 is 0 Å². The third kappa shape index (κ3) is 3.78. The van der Waals surface area contributed by atoms with Gasteiger partial charge in [0, 0.05) is 32.2 Å². The van der Waals surface area contributed by atoms with Gasteiger partial charge in [-0.25, -0.2) is 13.1 Å². The molecule has 0 atom stereocenters. The highest BCUT2D eigenvalue weighted by Gasteiger charge is 2.26. The van der Waals surface area contributed by atoms with Gasteiger partial charge in [-0.2, -0.15) is 0 Å². The van der Waals surface area contributed by atoms with Gasteiger partial charge in [0.2, 0.25) is 15.9 Å². The molecule has 1 aromatic carbocycles. The Kier molecular flexibility index (Phi) is 5.06. The number of para-hydroxylation sites is 1. The molecular formula is C12H16N4O5S. The molecule has 1 aromatic rings. The fourth-order valence-electron chi connectivity index (χ4n) is 1.90. The Morgan fingerprint density at radius 2 is 2.00 bits per heavy atom. The minimum Gasteiger partial charge on any atom is -0.354 e. The van der Waals surface area contributed by atoms with E-state index in [1.807, 2.05) is 0 Å². The summed E-state index contributed by atoms with van der Waals surface area (Å²) in [6.07, 6.45) is 0. The number of amides is 1. The summed E-state index contributed by atoms with van der Waals surface area (Å²) in [5.41, 5.74) is -0.487. The SMILES string of the molecule is O=C(NCCNS(=O)(=O)c1ccccc1[N+](=O)[O-])C1CNC1. The van der Waals surface area contributed by atoms with E-state index in [0.717, 1.165) is 6.07 Å². The summed E-state index contributed by atoms with van der Waals surface area (Å²) in [6, 6.07) is 5.09. The van der Waals surface area contributed by atoms with Crippen LogP contribution in [0.15, 0.2) is 29.2 Å². The first-order chi connectivity index (χ1) is 10.4. The van der Waals surface area contributed by atoms with Gasteiger partial charge in [-0.3, -0.25) is 14.9 Å². The lowest BCUT2D eigenvalue weighted by atomic mass is 10.0.